The van der Waals surface area contributed by atoms with Gasteiger partial charge in [-0.3, -0.25) is 0 Å². The first-order chi connectivity index (χ1) is 5.72. The molecule has 4 nitrogen and oxygen atoms in total. The van der Waals surface area contributed by atoms with Crippen LogP contribution in [0.1, 0.15) is 13.3 Å². The number of carbonyl (C=O) groups is 1. The van der Waals surface area contributed by atoms with Gasteiger partial charge in [0.15, 0.2) is 0 Å². The van der Waals surface area contributed by atoms with Crippen molar-refractivity contribution in [1.29, 1.82) is 0 Å². The molecule has 0 saturated carbocycles. The highest BCUT2D eigenvalue weighted by molar-refractivity contribution is 5.75. The molecular weight excluding hydrogens is 160 g/mol. The summed E-state index contributed by atoms with van der Waals surface area (Å²) in [5, 5.41) is 0. The smallest absolute Gasteiger partial charge is 0.316 e. The molecule has 0 bridgehead atoms. The summed E-state index contributed by atoms with van der Waals surface area (Å²) < 4.78 is 14.7. The van der Waals surface area contributed by atoms with Crippen LogP contribution >= 0.6 is 0 Å². The number of rotatable bonds is 3. The zero-order valence-corrected chi connectivity index (χ0v) is 7.12. The second-order valence-corrected chi connectivity index (χ2v) is 2.89. The maximum Gasteiger partial charge on any atom is 0.316 e. The predicted molar refractivity (Wildman–Crippen MR) is 40.9 cm³/mol. The molecule has 4 heteroatoms. The van der Waals surface area contributed by atoms with Gasteiger partial charge in [-0.25, -0.2) is 0 Å². The van der Waals surface area contributed by atoms with E-state index in [0.29, 0.717) is 19.6 Å². The van der Waals surface area contributed by atoms with Crippen LogP contribution in [-0.2, 0) is 19.0 Å². The third kappa shape index (κ3) is 2.81. The van der Waals surface area contributed by atoms with Crippen molar-refractivity contribution in [2.24, 2.45) is 5.92 Å². The van der Waals surface area contributed by atoms with Gasteiger partial charge < -0.3 is 14.3 Å². The molecule has 1 saturated heterocycles. The largest absolute Gasteiger partial charge is 0.327 e. The Kier molecular flexibility index (Phi) is 3.52. The van der Waals surface area contributed by atoms with Gasteiger partial charge in [0.25, 0.3) is 0 Å². The van der Waals surface area contributed by atoms with Crippen LogP contribution in [0, 0.1) is 13.0 Å². The van der Waals surface area contributed by atoms with Gasteiger partial charge in [0.2, 0.25) is 7.11 Å². The number of carbonyl (C=O) groups excluding carboxylic acids is 1. The summed E-state index contributed by atoms with van der Waals surface area (Å²) in [6.45, 7) is 1.90. The molecule has 0 spiro atoms. The van der Waals surface area contributed by atoms with Crippen LogP contribution in [0.4, 0.5) is 0 Å². The zero-order chi connectivity index (χ0) is 8.97. The number of ether oxygens (including phenoxy) is 3. The minimum Gasteiger partial charge on any atom is -0.327 e. The van der Waals surface area contributed by atoms with Gasteiger partial charge in [0.05, 0.1) is 13.2 Å². The van der Waals surface area contributed by atoms with Crippen LogP contribution in [0.25, 0.3) is 0 Å². The molecule has 0 aromatic heterocycles. The van der Waals surface area contributed by atoms with E-state index in [-0.39, 0.29) is 11.7 Å². The van der Waals surface area contributed by atoms with Gasteiger partial charge in [-0.15, -0.1) is 4.74 Å². The lowest BCUT2D eigenvalue weighted by molar-refractivity contribution is -0.304. The van der Waals surface area contributed by atoms with E-state index >= 15 is 0 Å². The van der Waals surface area contributed by atoms with Crippen molar-refractivity contribution in [1.82, 2.24) is 0 Å². The Labute approximate surface area is 71.8 Å². The minimum absolute atomic E-state index is 0.154. The van der Waals surface area contributed by atoms with Crippen molar-refractivity contribution < 1.29 is 19.0 Å². The van der Waals surface area contributed by atoms with Crippen LogP contribution < -0.4 is 0 Å². The zero-order valence-electron chi connectivity index (χ0n) is 7.12. The predicted octanol–water partition coefficient (Wildman–Crippen LogP) is 0.720. The number of ketones is 1. The highest BCUT2D eigenvalue weighted by Crippen LogP contribution is 2.14. The van der Waals surface area contributed by atoms with Gasteiger partial charge in [-0.1, -0.05) is 0 Å². The lowest BCUT2D eigenvalue weighted by atomic mass is 10.1. The maximum absolute atomic E-state index is 10.7. The van der Waals surface area contributed by atoms with E-state index < -0.39 is 6.48 Å². The second-order valence-electron chi connectivity index (χ2n) is 2.89. The van der Waals surface area contributed by atoms with Crippen molar-refractivity contribution in [3.63, 3.8) is 0 Å². The summed E-state index contributed by atoms with van der Waals surface area (Å²) in [6.07, 6.45) is 0.504. The Bertz CT molecular complexity index is 149. The molecule has 68 valence electrons. The van der Waals surface area contributed by atoms with Crippen molar-refractivity contribution in [3.05, 3.63) is 7.11 Å². The van der Waals surface area contributed by atoms with Gasteiger partial charge in [-0.05, 0) is 6.92 Å². The molecule has 1 fully saturated rings. The Hall–Kier alpha value is -0.580. The molecule has 0 aliphatic carbocycles. The molecular formula is C8H13O4+. The van der Waals surface area contributed by atoms with E-state index in [1.54, 1.807) is 6.92 Å². The SMILES string of the molecule is [CH2+]OC1OCC(CC(C)=O)CO1. The molecule has 0 unspecified atom stereocenters. The van der Waals surface area contributed by atoms with Gasteiger partial charge in [0.1, 0.15) is 5.78 Å². The molecule has 1 aliphatic heterocycles. The molecule has 0 N–H and O–H groups in total. The van der Waals surface area contributed by atoms with E-state index in [1.807, 2.05) is 0 Å². The molecule has 0 atom stereocenters. The quantitative estimate of drug-likeness (QED) is 0.590. The molecule has 0 aromatic carbocycles. The number of hydrogen-bond acceptors (Lipinski definition) is 4. The van der Waals surface area contributed by atoms with Crippen LogP contribution in [0.15, 0.2) is 0 Å². The highest BCUT2D eigenvalue weighted by Gasteiger charge is 2.24. The fourth-order valence-corrected chi connectivity index (χ4v) is 1.15. The van der Waals surface area contributed by atoms with Crippen LogP contribution in [0.3, 0.4) is 0 Å². The van der Waals surface area contributed by atoms with Crippen molar-refractivity contribution in [2.75, 3.05) is 13.2 Å². The van der Waals surface area contributed by atoms with Crippen molar-refractivity contribution in [2.45, 2.75) is 19.8 Å². The summed E-state index contributed by atoms with van der Waals surface area (Å²) in [5.74, 6) is 0.315. The fraction of sp³-hybridized carbons (Fsp3) is 0.750. The Morgan fingerprint density at radius 3 is 2.58 bits per heavy atom. The van der Waals surface area contributed by atoms with Gasteiger partial charge in [0, 0.05) is 12.3 Å². The van der Waals surface area contributed by atoms with E-state index in [0.717, 1.165) is 0 Å². The minimum atomic E-state index is -0.659. The summed E-state index contributed by atoms with van der Waals surface area (Å²) in [6, 6.07) is 0. The lowest BCUT2D eigenvalue weighted by Gasteiger charge is -2.25. The third-order valence-electron chi connectivity index (χ3n) is 1.65. The van der Waals surface area contributed by atoms with Crippen molar-refractivity contribution in [3.8, 4) is 0 Å². The maximum atomic E-state index is 10.7. The van der Waals surface area contributed by atoms with Crippen molar-refractivity contribution >= 4 is 5.78 Å². The first-order valence-electron chi connectivity index (χ1n) is 3.86. The van der Waals surface area contributed by atoms with E-state index in [9.17, 15) is 4.79 Å². The molecule has 12 heavy (non-hydrogen) atoms. The van der Waals surface area contributed by atoms with Gasteiger partial charge >= 0.3 is 6.48 Å². The van der Waals surface area contributed by atoms with E-state index in [1.165, 1.54) is 0 Å². The summed E-state index contributed by atoms with van der Waals surface area (Å²) in [4.78, 5) is 10.7. The molecule has 1 rings (SSSR count). The molecule has 0 radical (unpaired) electrons. The third-order valence-corrected chi connectivity index (χ3v) is 1.65. The summed E-state index contributed by atoms with van der Waals surface area (Å²) >= 11 is 0. The lowest BCUT2D eigenvalue weighted by Crippen LogP contribution is -2.33. The summed E-state index contributed by atoms with van der Waals surface area (Å²) in [5.41, 5.74) is 0. The number of hydrogen-bond donors (Lipinski definition) is 0. The Morgan fingerprint density at radius 2 is 2.17 bits per heavy atom. The molecule has 0 aromatic rings. The highest BCUT2D eigenvalue weighted by atomic mass is 16.8. The van der Waals surface area contributed by atoms with E-state index in [2.05, 4.69) is 11.8 Å². The number of Topliss-reactive ketones (excluding diaryl/α,β-unsaturated/α-hetero) is 1. The first-order valence-corrected chi connectivity index (χ1v) is 3.86. The molecule has 1 heterocycles. The second kappa shape index (κ2) is 4.45. The topological polar surface area (TPSA) is 44.8 Å². The first kappa shape index (κ1) is 9.51. The monoisotopic (exact) mass is 173 g/mol. The Balaban J connectivity index is 2.21. The Morgan fingerprint density at radius 1 is 1.58 bits per heavy atom. The van der Waals surface area contributed by atoms with Crippen LogP contribution in [0.5, 0.6) is 0 Å². The molecule has 1 aliphatic rings. The van der Waals surface area contributed by atoms with Gasteiger partial charge in [-0.2, -0.15) is 0 Å². The van der Waals surface area contributed by atoms with Crippen LogP contribution in [0.2, 0.25) is 0 Å². The average molecular weight is 173 g/mol. The van der Waals surface area contributed by atoms with Crippen LogP contribution in [-0.4, -0.2) is 25.5 Å². The standard InChI is InChI=1S/C8H13O4/c1-6(9)3-7-4-11-8(10-2)12-5-7/h7-8H,2-5H2,1H3/q+1. The normalized spacial score (nSPS) is 30.1. The molecule has 0 amide bonds. The van der Waals surface area contributed by atoms with E-state index in [4.69, 9.17) is 9.47 Å². The average Bonchev–Trinajstić information content (AvgIpc) is 2.05. The summed E-state index contributed by atoms with van der Waals surface area (Å²) in [7, 11) is 3.18. The fourth-order valence-electron chi connectivity index (χ4n) is 1.15.